The van der Waals surface area contributed by atoms with Gasteiger partial charge in [-0.1, -0.05) is 6.42 Å². The minimum atomic E-state index is -0.810. The number of hydrogen-bond acceptors (Lipinski definition) is 8. The first-order valence-corrected chi connectivity index (χ1v) is 8.86. The Hall–Kier alpha value is -2.50. The molecule has 148 valence electrons. The van der Waals surface area contributed by atoms with Crippen molar-refractivity contribution < 1.29 is 24.9 Å². The normalized spacial score (nSPS) is 22.4. The molecule has 1 fully saturated rings. The fourth-order valence-electron chi connectivity index (χ4n) is 3.06. The predicted molar refractivity (Wildman–Crippen MR) is 94.4 cm³/mol. The average molecular weight is 381 g/mol. The molecule has 0 radical (unpaired) electrons. The van der Waals surface area contributed by atoms with E-state index in [1.165, 1.54) is 6.33 Å². The fraction of sp³-hybridized carbons (Fsp3) is 0.625. The fourth-order valence-corrected chi connectivity index (χ4v) is 3.06. The highest BCUT2D eigenvalue weighted by molar-refractivity contribution is 5.70. The van der Waals surface area contributed by atoms with Crippen LogP contribution < -0.4 is 10.9 Å². The van der Waals surface area contributed by atoms with Crippen LogP contribution in [-0.2, 0) is 9.53 Å². The largest absolute Gasteiger partial charge is 0.481 e. The van der Waals surface area contributed by atoms with Crippen molar-refractivity contribution >= 4 is 23.1 Å². The van der Waals surface area contributed by atoms with Gasteiger partial charge in [0.05, 0.1) is 19.0 Å². The lowest BCUT2D eigenvalue weighted by Gasteiger charge is -2.14. The summed E-state index contributed by atoms with van der Waals surface area (Å²) in [6.45, 7) is 0.237. The number of carboxylic acids is 1. The summed E-state index contributed by atoms with van der Waals surface area (Å²) >= 11 is 0. The lowest BCUT2D eigenvalue weighted by molar-refractivity contribution is -0.137. The quantitative estimate of drug-likeness (QED) is 0.371. The molecule has 0 bridgehead atoms. The molecule has 0 spiro atoms. The van der Waals surface area contributed by atoms with Crippen molar-refractivity contribution in [1.29, 1.82) is 0 Å². The maximum Gasteiger partial charge on any atom is 0.303 e. The number of H-pyrrole nitrogens is 1. The molecule has 2 aromatic heterocycles. The van der Waals surface area contributed by atoms with Crippen LogP contribution >= 0.6 is 0 Å². The summed E-state index contributed by atoms with van der Waals surface area (Å²) in [5.41, 5.74) is 0.0832. The van der Waals surface area contributed by atoms with Gasteiger partial charge in [0.15, 0.2) is 11.2 Å². The van der Waals surface area contributed by atoms with Gasteiger partial charge in [-0.15, -0.1) is 0 Å². The Morgan fingerprint density at radius 1 is 1.41 bits per heavy atom. The monoisotopic (exact) mass is 381 g/mol. The van der Waals surface area contributed by atoms with Crippen LogP contribution in [-0.4, -0.2) is 66.2 Å². The number of nitrogens with zero attached hydrogens (tertiary/aromatic N) is 3. The number of rotatable bonds is 9. The second kappa shape index (κ2) is 8.46. The summed E-state index contributed by atoms with van der Waals surface area (Å²) in [4.78, 5) is 33.8. The summed E-state index contributed by atoms with van der Waals surface area (Å²) in [6, 6.07) is 0. The van der Waals surface area contributed by atoms with Crippen LogP contribution in [0.1, 0.15) is 38.3 Å². The van der Waals surface area contributed by atoms with E-state index >= 15 is 0 Å². The maximum absolute atomic E-state index is 12.2. The van der Waals surface area contributed by atoms with Gasteiger partial charge in [0.2, 0.25) is 5.95 Å². The molecule has 5 N–H and O–H groups in total. The third-order valence-electron chi connectivity index (χ3n) is 4.49. The molecule has 3 heterocycles. The van der Waals surface area contributed by atoms with Crippen molar-refractivity contribution in [2.75, 3.05) is 18.5 Å². The Kier molecular flexibility index (Phi) is 6.04. The summed E-state index contributed by atoms with van der Waals surface area (Å²) in [5, 5.41) is 30.8. The standard InChI is InChI=1S/C16H23N5O6/c22-7-10-9(23)6-11(27-10)21-8-18-13-14(21)19-16(20-15(13)26)17-5-3-1-2-4-12(24)25/h8-11,22-23H,1-7H2,(H,24,25)(H2,17,19,20,26)/t9-,10+,11+/m0/s1. The Morgan fingerprint density at radius 3 is 2.93 bits per heavy atom. The lowest BCUT2D eigenvalue weighted by atomic mass is 10.2. The van der Waals surface area contributed by atoms with Crippen molar-refractivity contribution in [2.45, 2.75) is 50.5 Å². The summed E-state index contributed by atoms with van der Waals surface area (Å²) in [5.74, 6) is -0.528. The number of nitrogens with one attached hydrogen (secondary N) is 2. The number of ether oxygens (including phenoxy) is 1. The zero-order valence-electron chi connectivity index (χ0n) is 14.7. The van der Waals surface area contributed by atoms with E-state index < -0.39 is 30.0 Å². The Labute approximate surface area is 154 Å². The first-order valence-electron chi connectivity index (χ1n) is 8.86. The number of aliphatic carboxylic acids is 1. The third kappa shape index (κ3) is 4.43. The number of aliphatic hydroxyl groups is 2. The molecule has 11 heteroatoms. The molecule has 27 heavy (non-hydrogen) atoms. The van der Waals surface area contributed by atoms with Gasteiger partial charge in [-0.05, 0) is 12.8 Å². The van der Waals surface area contributed by atoms with E-state index in [9.17, 15) is 19.8 Å². The van der Waals surface area contributed by atoms with Crippen molar-refractivity contribution in [2.24, 2.45) is 0 Å². The number of aromatic amines is 1. The van der Waals surface area contributed by atoms with Gasteiger partial charge < -0.3 is 25.4 Å². The van der Waals surface area contributed by atoms with Crippen molar-refractivity contribution in [3.05, 3.63) is 16.7 Å². The zero-order valence-corrected chi connectivity index (χ0v) is 14.7. The molecule has 0 aromatic carbocycles. The number of unbranched alkanes of at least 4 members (excludes halogenated alkanes) is 2. The van der Waals surface area contributed by atoms with Crippen LogP contribution in [0.15, 0.2) is 11.1 Å². The van der Waals surface area contributed by atoms with Crippen LogP contribution in [0.4, 0.5) is 5.95 Å². The van der Waals surface area contributed by atoms with E-state index in [1.54, 1.807) is 4.57 Å². The predicted octanol–water partition coefficient (Wildman–Crippen LogP) is -0.183. The highest BCUT2D eigenvalue weighted by atomic mass is 16.5. The highest BCUT2D eigenvalue weighted by Gasteiger charge is 2.35. The number of fused-ring (bicyclic) bond motifs is 1. The lowest BCUT2D eigenvalue weighted by Crippen LogP contribution is -2.24. The molecular formula is C16H23N5O6. The molecule has 11 nitrogen and oxygen atoms in total. The number of carboxylic acid groups (broad SMARTS) is 1. The van der Waals surface area contributed by atoms with Gasteiger partial charge >= 0.3 is 5.97 Å². The molecular weight excluding hydrogens is 358 g/mol. The minimum absolute atomic E-state index is 0.141. The molecule has 1 aliphatic heterocycles. The van der Waals surface area contributed by atoms with Crippen LogP contribution in [0.3, 0.4) is 0 Å². The summed E-state index contributed by atoms with van der Waals surface area (Å²) in [6.07, 6.45) is 1.87. The topological polar surface area (TPSA) is 163 Å². The summed E-state index contributed by atoms with van der Waals surface area (Å²) < 4.78 is 7.17. The highest BCUT2D eigenvalue weighted by Crippen LogP contribution is 2.30. The number of carbonyl (C=O) groups is 1. The van der Waals surface area contributed by atoms with Gasteiger partial charge in [-0.2, -0.15) is 4.98 Å². The molecule has 2 aromatic rings. The molecule has 1 saturated heterocycles. The molecule has 3 atom stereocenters. The smallest absolute Gasteiger partial charge is 0.303 e. The summed E-state index contributed by atoms with van der Waals surface area (Å²) in [7, 11) is 0. The average Bonchev–Trinajstić information content (AvgIpc) is 3.21. The van der Waals surface area contributed by atoms with Gasteiger partial charge in [-0.3, -0.25) is 19.1 Å². The zero-order chi connectivity index (χ0) is 19.4. The third-order valence-corrected chi connectivity index (χ3v) is 4.49. The van der Waals surface area contributed by atoms with E-state index in [4.69, 9.17) is 9.84 Å². The molecule has 3 rings (SSSR count). The van der Waals surface area contributed by atoms with Crippen LogP contribution in [0.25, 0.3) is 11.2 Å². The molecule has 0 amide bonds. The Morgan fingerprint density at radius 2 is 2.22 bits per heavy atom. The van der Waals surface area contributed by atoms with Gasteiger partial charge in [0.25, 0.3) is 5.56 Å². The Bertz CT molecular complexity index is 849. The number of aromatic nitrogens is 4. The second-order valence-electron chi connectivity index (χ2n) is 6.48. The molecule has 1 aliphatic rings. The Balaban J connectivity index is 1.68. The van der Waals surface area contributed by atoms with E-state index in [2.05, 4.69) is 20.3 Å². The molecule has 0 unspecified atom stereocenters. The maximum atomic E-state index is 12.2. The van der Waals surface area contributed by atoms with E-state index in [-0.39, 0.29) is 30.9 Å². The first kappa shape index (κ1) is 19.3. The number of hydrogen-bond donors (Lipinski definition) is 5. The van der Waals surface area contributed by atoms with Crippen LogP contribution in [0, 0.1) is 0 Å². The van der Waals surface area contributed by atoms with E-state index in [1.807, 2.05) is 0 Å². The minimum Gasteiger partial charge on any atom is -0.481 e. The van der Waals surface area contributed by atoms with Crippen molar-refractivity contribution in [3.63, 3.8) is 0 Å². The molecule has 0 saturated carbocycles. The molecule has 0 aliphatic carbocycles. The number of imidazole rings is 1. The van der Waals surface area contributed by atoms with Crippen molar-refractivity contribution in [1.82, 2.24) is 19.5 Å². The van der Waals surface area contributed by atoms with E-state index in [0.717, 1.165) is 12.8 Å². The van der Waals surface area contributed by atoms with Crippen molar-refractivity contribution in [3.8, 4) is 0 Å². The van der Waals surface area contributed by atoms with Crippen LogP contribution in [0.5, 0.6) is 0 Å². The van der Waals surface area contributed by atoms with E-state index in [0.29, 0.717) is 18.6 Å². The van der Waals surface area contributed by atoms with Gasteiger partial charge in [0, 0.05) is 19.4 Å². The SMILES string of the molecule is O=C(O)CCCCCNc1nc2c(ncn2[C@H]2C[C@H](O)[C@@H](CO)O2)c(=O)[nH]1. The number of aliphatic hydroxyl groups excluding tert-OH is 2. The second-order valence-corrected chi connectivity index (χ2v) is 6.48. The number of anilines is 1. The van der Waals surface area contributed by atoms with Gasteiger partial charge in [0.1, 0.15) is 12.3 Å². The van der Waals surface area contributed by atoms with Gasteiger partial charge in [-0.25, -0.2) is 4.98 Å². The van der Waals surface area contributed by atoms with Crippen LogP contribution in [0.2, 0.25) is 0 Å². The first-order chi connectivity index (χ1) is 13.0.